The predicted molar refractivity (Wildman–Crippen MR) is 94.4 cm³/mol. The SMILES string of the molecule is CC(C)(C)OC(=O)NCC1(NC(=O)c2cccc(Cl)c2)CCCC1. The van der Waals surface area contributed by atoms with Gasteiger partial charge in [0.2, 0.25) is 0 Å². The number of amides is 2. The molecule has 24 heavy (non-hydrogen) atoms. The van der Waals surface area contributed by atoms with Crippen LogP contribution in [0.4, 0.5) is 4.79 Å². The minimum atomic E-state index is -0.545. The lowest BCUT2D eigenvalue weighted by Gasteiger charge is -2.31. The molecule has 0 saturated heterocycles. The van der Waals surface area contributed by atoms with Gasteiger partial charge in [0.1, 0.15) is 5.60 Å². The van der Waals surface area contributed by atoms with Gasteiger partial charge in [-0.05, 0) is 51.8 Å². The molecule has 0 spiro atoms. The summed E-state index contributed by atoms with van der Waals surface area (Å²) in [5.41, 5.74) is -0.459. The van der Waals surface area contributed by atoms with E-state index in [1.807, 2.05) is 20.8 Å². The van der Waals surface area contributed by atoms with Gasteiger partial charge in [-0.25, -0.2) is 4.79 Å². The number of hydrogen-bond acceptors (Lipinski definition) is 3. The summed E-state index contributed by atoms with van der Waals surface area (Å²) in [6.07, 6.45) is 3.23. The number of nitrogens with one attached hydrogen (secondary N) is 2. The Bertz CT molecular complexity index is 605. The van der Waals surface area contributed by atoms with Crippen LogP contribution in [0.3, 0.4) is 0 Å². The predicted octanol–water partition coefficient (Wildman–Crippen LogP) is 3.91. The molecule has 0 aliphatic heterocycles. The third kappa shape index (κ3) is 5.41. The summed E-state index contributed by atoms with van der Waals surface area (Å²) in [6.45, 7) is 5.81. The van der Waals surface area contributed by atoms with E-state index in [0.29, 0.717) is 17.1 Å². The van der Waals surface area contributed by atoms with Gasteiger partial charge < -0.3 is 15.4 Å². The lowest BCUT2D eigenvalue weighted by Crippen LogP contribution is -2.54. The molecule has 1 aliphatic carbocycles. The summed E-state index contributed by atoms with van der Waals surface area (Å²) < 4.78 is 5.27. The molecule has 2 rings (SSSR count). The first-order valence-corrected chi connectivity index (χ1v) is 8.62. The minimum absolute atomic E-state index is 0.176. The van der Waals surface area contributed by atoms with Gasteiger partial charge in [-0.2, -0.15) is 0 Å². The van der Waals surface area contributed by atoms with Crippen molar-refractivity contribution in [1.82, 2.24) is 10.6 Å². The Morgan fingerprint density at radius 3 is 2.50 bits per heavy atom. The van der Waals surface area contributed by atoms with E-state index in [-0.39, 0.29) is 5.91 Å². The smallest absolute Gasteiger partial charge is 0.407 e. The summed E-state index contributed by atoms with van der Waals surface area (Å²) in [5, 5.41) is 6.40. The van der Waals surface area contributed by atoms with Crippen molar-refractivity contribution in [2.24, 2.45) is 0 Å². The standard InChI is InChI=1S/C18H25ClN2O3/c1-17(2,3)24-16(23)20-12-18(9-4-5-10-18)21-15(22)13-7-6-8-14(19)11-13/h6-8,11H,4-5,9-10,12H2,1-3H3,(H,20,23)(H,21,22). The second-order valence-corrected chi connectivity index (χ2v) is 7.74. The number of alkyl carbamates (subject to hydrolysis) is 1. The lowest BCUT2D eigenvalue weighted by atomic mass is 9.96. The normalized spacial score (nSPS) is 16.5. The van der Waals surface area contributed by atoms with Crippen LogP contribution in [0.25, 0.3) is 0 Å². The second kappa shape index (κ2) is 7.43. The number of rotatable bonds is 4. The average Bonchev–Trinajstić information content (AvgIpc) is 2.92. The third-order valence-electron chi connectivity index (χ3n) is 4.00. The Morgan fingerprint density at radius 1 is 1.25 bits per heavy atom. The van der Waals surface area contributed by atoms with Crippen LogP contribution in [0.2, 0.25) is 5.02 Å². The molecule has 2 N–H and O–H groups in total. The van der Waals surface area contributed by atoms with Crippen molar-refractivity contribution < 1.29 is 14.3 Å². The van der Waals surface area contributed by atoms with Crippen LogP contribution in [0, 0.1) is 0 Å². The number of halogens is 1. The molecule has 0 heterocycles. The van der Waals surface area contributed by atoms with Crippen molar-refractivity contribution in [3.05, 3.63) is 34.9 Å². The monoisotopic (exact) mass is 352 g/mol. The fourth-order valence-corrected chi connectivity index (χ4v) is 3.09. The molecular weight excluding hydrogens is 328 g/mol. The van der Waals surface area contributed by atoms with Gasteiger partial charge in [0.15, 0.2) is 0 Å². The van der Waals surface area contributed by atoms with Crippen LogP contribution in [0.1, 0.15) is 56.8 Å². The van der Waals surface area contributed by atoms with Crippen molar-refractivity contribution in [2.75, 3.05) is 6.54 Å². The molecule has 1 aromatic rings. The summed E-state index contributed by atoms with van der Waals surface area (Å²) >= 11 is 5.95. The van der Waals surface area contributed by atoms with Gasteiger partial charge in [0.25, 0.3) is 5.91 Å². The summed E-state index contributed by atoms with van der Waals surface area (Å²) in [5.74, 6) is -0.176. The van der Waals surface area contributed by atoms with E-state index in [9.17, 15) is 9.59 Å². The average molecular weight is 353 g/mol. The number of benzene rings is 1. The Balaban J connectivity index is 2.00. The first-order chi connectivity index (χ1) is 11.2. The number of hydrogen-bond donors (Lipinski definition) is 2. The van der Waals surface area contributed by atoms with Gasteiger partial charge >= 0.3 is 6.09 Å². The van der Waals surface area contributed by atoms with Crippen LogP contribution in [-0.4, -0.2) is 29.7 Å². The minimum Gasteiger partial charge on any atom is -0.444 e. The van der Waals surface area contributed by atoms with Crippen LogP contribution in [0.15, 0.2) is 24.3 Å². The van der Waals surface area contributed by atoms with Crippen LogP contribution >= 0.6 is 11.6 Å². The Labute approximate surface area is 148 Å². The van der Waals surface area contributed by atoms with E-state index in [1.165, 1.54) is 0 Å². The van der Waals surface area contributed by atoms with Crippen molar-refractivity contribution >= 4 is 23.6 Å². The molecule has 1 fully saturated rings. The Kier molecular flexibility index (Phi) is 5.75. The van der Waals surface area contributed by atoms with Crippen molar-refractivity contribution in [2.45, 2.75) is 57.6 Å². The largest absolute Gasteiger partial charge is 0.444 e. The lowest BCUT2D eigenvalue weighted by molar-refractivity contribution is 0.0505. The maximum Gasteiger partial charge on any atom is 0.407 e. The molecule has 5 nitrogen and oxygen atoms in total. The summed E-state index contributed by atoms with van der Waals surface area (Å²) in [4.78, 5) is 24.4. The van der Waals surface area contributed by atoms with Crippen molar-refractivity contribution in [3.8, 4) is 0 Å². The second-order valence-electron chi connectivity index (χ2n) is 7.31. The van der Waals surface area contributed by atoms with E-state index < -0.39 is 17.2 Å². The summed E-state index contributed by atoms with van der Waals surface area (Å²) in [6, 6.07) is 6.84. The van der Waals surface area contributed by atoms with Crippen LogP contribution in [0.5, 0.6) is 0 Å². The molecule has 1 aliphatic rings. The van der Waals surface area contributed by atoms with Gasteiger partial charge in [-0.3, -0.25) is 4.79 Å². The molecular formula is C18H25ClN2O3. The van der Waals surface area contributed by atoms with E-state index in [2.05, 4.69) is 10.6 Å². The molecule has 1 saturated carbocycles. The fraction of sp³-hybridized carbons (Fsp3) is 0.556. The van der Waals surface area contributed by atoms with E-state index >= 15 is 0 Å². The zero-order chi connectivity index (χ0) is 17.8. The summed E-state index contributed by atoms with van der Waals surface area (Å²) in [7, 11) is 0. The topological polar surface area (TPSA) is 67.4 Å². The molecule has 0 radical (unpaired) electrons. The Hall–Kier alpha value is -1.75. The molecule has 2 amide bonds. The van der Waals surface area contributed by atoms with Gasteiger partial charge in [0.05, 0.1) is 5.54 Å². The highest BCUT2D eigenvalue weighted by molar-refractivity contribution is 6.30. The van der Waals surface area contributed by atoms with Crippen molar-refractivity contribution in [1.29, 1.82) is 0 Å². The molecule has 0 aromatic heterocycles. The first kappa shape index (κ1) is 18.6. The molecule has 0 atom stereocenters. The highest BCUT2D eigenvalue weighted by atomic mass is 35.5. The van der Waals surface area contributed by atoms with Crippen LogP contribution in [-0.2, 0) is 4.74 Å². The van der Waals surface area contributed by atoms with Crippen LogP contribution < -0.4 is 10.6 Å². The number of ether oxygens (including phenoxy) is 1. The first-order valence-electron chi connectivity index (χ1n) is 8.24. The van der Waals surface area contributed by atoms with E-state index in [1.54, 1.807) is 24.3 Å². The third-order valence-corrected chi connectivity index (χ3v) is 4.23. The molecule has 6 heteroatoms. The zero-order valence-corrected chi connectivity index (χ0v) is 15.2. The quantitative estimate of drug-likeness (QED) is 0.863. The number of carbonyl (C=O) groups is 2. The molecule has 0 bridgehead atoms. The molecule has 0 unspecified atom stereocenters. The van der Waals surface area contributed by atoms with Gasteiger partial charge in [-0.1, -0.05) is 30.5 Å². The van der Waals surface area contributed by atoms with E-state index in [0.717, 1.165) is 25.7 Å². The highest BCUT2D eigenvalue weighted by Gasteiger charge is 2.36. The fourth-order valence-electron chi connectivity index (χ4n) is 2.90. The maximum atomic E-state index is 12.5. The number of carbonyl (C=O) groups excluding carboxylic acids is 2. The highest BCUT2D eigenvalue weighted by Crippen LogP contribution is 2.29. The molecule has 132 valence electrons. The van der Waals surface area contributed by atoms with Gasteiger partial charge in [-0.15, -0.1) is 0 Å². The molecule has 1 aromatic carbocycles. The Morgan fingerprint density at radius 2 is 1.92 bits per heavy atom. The van der Waals surface area contributed by atoms with E-state index in [4.69, 9.17) is 16.3 Å². The maximum absolute atomic E-state index is 12.5. The van der Waals surface area contributed by atoms with Crippen molar-refractivity contribution in [3.63, 3.8) is 0 Å². The zero-order valence-electron chi connectivity index (χ0n) is 14.4. The van der Waals surface area contributed by atoms with Gasteiger partial charge in [0, 0.05) is 17.1 Å².